The zero-order valence-corrected chi connectivity index (χ0v) is 16.6. The first-order valence-electron chi connectivity index (χ1n) is 9.91. The highest BCUT2D eigenvalue weighted by molar-refractivity contribution is 5.93. The summed E-state index contributed by atoms with van der Waals surface area (Å²) < 4.78 is 7.26. The van der Waals surface area contributed by atoms with Crippen molar-refractivity contribution >= 4 is 17.7 Å². The number of nitrogens with one attached hydrogen (secondary N) is 1. The number of benzene rings is 1. The molecule has 0 saturated carbocycles. The molecule has 1 fully saturated rings. The van der Waals surface area contributed by atoms with Crippen LogP contribution in [0.5, 0.6) is 0 Å². The number of anilines is 1. The van der Waals surface area contributed by atoms with Gasteiger partial charge in [-0.05, 0) is 50.5 Å². The molecule has 1 aromatic heterocycles. The van der Waals surface area contributed by atoms with Crippen LogP contribution in [0, 0.1) is 12.8 Å². The van der Waals surface area contributed by atoms with E-state index in [1.165, 1.54) is 0 Å². The van der Waals surface area contributed by atoms with Gasteiger partial charge >= 0.3 is 6.09 Å². The molecule has 1 N–H and O–H groups in total. The van der Waals surface area contributed by atoms with Crippen LogP contribution in [0.3, 0.4) is 0 Å². The lowest BCUT2D eigenvalue weighted by atomic mass is 9.97. The van der Waals surface area contributed by atoms with Gasteiger partial charge in [-0.1, -0.05) is 13.3 Å². The fourth-order valence-electron chi connectivity index (χ4n) is 3.35. The second-order valence-electron chi connectivity index (χ2n) is 7.13. The Hall–Kier alpha value is -2.83. The lowest BCUT2D eigenvalue weighted by Gasteiger charge is -2.31. The number of nitrogens with zero attached hydrogens (tertiary/aromatic N) is 3. The fourth-order valence-corrected chi connectivity index (χ4v) is 3.35. The lowest BCUT2D eigenvalue weighted by Crippen LogP contribution is -2.44. The fraction of sp³-hybridized carbons (Fsp3) is 0.476. The van der Waals surface area contributed by atoms with Gasteiger partial charge in [0, 0.05) is 36.9 Å². The average Bonchev–Trinajstić information content (AvgIpc) is 3.14. The SMILES string of the molecule is CCCCOC(=O)N1CCC[C@H](C(=O)Nc2ccc(-n3ccnc3C)cc2)C1. The summed E-state index contributed by atoms with van der Waals surface area (Å²) >= 11 is 0. The molecule has 1 atom stereocenters. The number of hydrogen-bond donors (Lipinski definition) is 1. The van der Waals surface area contributed by atoms with Crippen molar-refractivity contribution < 1.29 is 14.3 Å². The molecule has 7 nitrogen and oxygen atoms in total. The summed E-state index contributed by atoms with van der Waals surface area (Å²) in [7, 11) is 0. The molecule has 1 saturated heterocycles. The van der Waals surface area contributed by atoms with Gasteiger partial charge in [0.2, 0.25) is 5.91 Å². The Morgan fingerprint density at radius 2 is 2.07 bits per heavy atom. The zero-order valence-electron chi connectivity index (χ0n) is 16.6. The molecule has 0 spiro atoms. The summed E-state index contributed by atoms with van der Waals surface area (Å²) in [5.41, 5.74) is 1.74. The molecule has 2 aromatic rings. The summed E-state index contributed by atoms with van der Waals surface area (Å²) in [6.45, 7) is 5.48. The van der Waals surface area contributed by atoms with E-state index in [9.17, 15) is 9.59 Å². The second-order valence-corrected chi connectivity index (χ2v) is 7.13. The van der Waals surface area contributed by atoms with Crippen molar-refractivity contribution in [1.29, 1.82) is 0 Å². The Morgan fingerprint density at radius 3 is 2.75 bits per heavy atom. The van der Waals surface area contributed by atoms with Crippen molar-refractivity contribution in [2.24, 2.45) is 5.92 Å². The number of amides is 2. The largest absolute Gasteiger partial charge is 0.449 e. The van der Waals surface area contributed by atoms with Crippen molar-refractivity contribution in [2.45, 2.75) is 39.5 Å². The zero-order chi connectivity index (χ0) is 19.9. The van der Waals surface area contributed by atoms with Gasteiger partial charge in [-0.15, -0.1) is 0 Å². The van der Waals surface area contributed by atoms with Gasteiger partial charge in [0.15, 0.2) is 0 Å². The van der Waals surface area contributed by atoms with Crippen LogP contribution in [0.4, 0.5) is 10.5 Å². The highest BCUT2D eigenvalue weighted by atomic mass is 16.6. The topological polar surface area (TPSA) is 76.5 Å². The van der Waals surface area contributed by atoms with Gasteiger partial charge in [0.05, 0.1) is 12.5 Å². The molecular formula is C21H28N4O3. The third-order valence-electron chi connectivity index (χ3n) is 5.01. The van der Waals surface area contributed by atoms with E-state index >= 15 is 0 Å². The molecule has 3 rings (SSSR count). The number of hydrogen-bond acceptors (Lipinski definition) is 4. The van der Waals surface area contributed by atoms with Crippen LogP contribution in [0.15, 0.2) is 36.7 Å². The summed E-state index contributed by atoms with van der Waals surface area (Å²) in [6, 6.07) is 7.66. The van der Waals surface area contributed by atoms with Crippen molar-refractivity contribution in [1.82, 2.24) is 14.5 Å². The maximum absolute atomic E-state index is 12.7. The number of piperidine rings is 1. The van der Waals surface area contributed by atoms with E-state index in [2.05, 4.69) is 17.2 Å². The first-order chi connectivity index (χ1) is 13.6. The van der Waals surface area contributed by atoms with Crippen LogP contribution in [0.1, 0.15) is 38.4 Å². The number of aryl methyl sites for hydroxylation is 1. The molecule has 2 amide bonds. The smallest absolute Gasteiger partial charge is 0.409 e. The van der Waals surface area contributed by atoms with Crippen molar-refractivity contribution in [3.8, 4) is 5.69 Å². The Bertz CT molecular complexity index is 800. The average molecular weight is 384 g/mol. The quantitative estimate of drug-likeness (QED) is 0.769. The monoisotopic (exact) mass is 384 g/mol. The van der Waals surface area contributed by atoms with Gasteiger partial charge in [-0.3, -0.25) is 4.79 Å². The molecule has 1 aliphatic rings. The molecule has 28 heavy (non-hydrogen) atoms. The maximum Gasteiger partial charge on any atom is 0.409 e. The van der Waals surface area contributed by atoms with Crippen LogP contribution >= 0.6 is 0 Å². The van der Waals surface area contributed by atoms with E-state index in [-0.39, 0.29) is 17.9 Å². The number of likely N-dealkylation sites (tertiary alicyclic amines) is 1. The number of imidazole rings is 1. The molecule has 0 aliphatic carbocycles. The molecule has 2 heterocycles. The first-order valence-corrected chi connectivity index (χ1v) is 9.91. The van der Waals surface area contributed by atoms with E-state index in [0.29, 0.717) is 19.7 Å². The normalized spacial score (nSPS) is 16.6. The van der Waals surface area contributed by atoms with Crippen LogP contribution in [-0.4, -0.2) is 46.1 Å². The molecule has 1 aromatic carbocycles. The molecular weight excluding hydrogens is 356 g/mol. The number of ether oxygens (including phenoxy) is 1. The number of aromatic nitrogens is 2. The minimum absolute atomic E-state index is 0.0578. The van der Waals surface area contributed by atoms with Crippen molar-refractivity contribution in [2.75, 3.05) is 25.0 Å². The number of unbranched alkanes of at least 4 members (excludes halogenated alkanes) is 1. The van der Waals surface area contributed by atoms with Crippen molar-refractivity contribution in [3.63, 3.8) is 0 Å². The Labute approximate surface area is 165 Å². The molecule has 0 radical (unpaired) electrons. The summed E-state index contributed by atoms with van der Waals surface area (Å²) in [5.74, 6) is 0.630. The Balaban J connectivity index is 1.55. The molecule has 0 unspecified atom stereocenters. The van der Waals surface area contributed by atoms with Gasteiger partial charge in [-0.25, -0.2) is 9.78 Å². The predicted molar refractivity (Wildman–Crippen MR) is 107 cm³/mol. The van der Waals surface area contributed by atoms with Crippen LogP contribution < -0.4 is 5.32 Å². The summed E-state index contributed by atoms with van der Waals surface area (Å²) in [6.07, 6.45) is 6.77. The van der Waals surface area contributed by atoms with Crippen LogP contribution in [-0.2, 0) is 9.53 Å². The summed E-state index contributed by atoms with van der Waals surface area (Å²) in [4.78, 5) is 30.7. The van der Waals surface area contributed by atoms with E-state index in [1.807, 2.05) is 42.0 Å². The van der Waals surface area contributed by atoms with Crippen LogP contribution in [0.2, 0.25) is 0 Å². The van der Waals surface area contributed by atoms with Gasteiger partial charge < -0.3 is 19.5 Å². The summed E-state index contributed by atoms with van der Waals surface area (Å²) in [5, 5.41) is 2.97. The Morgan fingerprint density at radius 1 is 1.29 bits per heavy atom. The minimum Gasteiger partial charge on any atom is -0.449 e. The molecule has 1 aliphatic heterocycles. The van der Waals surface area contributed by atoms with E-state index in [4.69, 9.17) is 4.74 Å². The second kappa shape index (κ2) is 9.39. The Kier molecular flexibility index (Phi) is 6.68. The lowest BCUT2D eigenvalue weighted by molar-refractivity contribution is -0.121. The first kappa shape index (κ1) is 19.9. The molecule has 150 valence electrons. The molecule has 7 heteroatoms. The maximum atomic E-state index is 12.7. The van der Waals surface area contributed by atoms with Crippen molar-refractivity contribution in [3.05, 3.63) is 42.5 Å². The third kappa shape index (κ3) is 4.91. The third-order valence-corrected chi connectivity index (χ3v) is 5.01. The standard InChI is InChI=1S/C21H28N4O3/c1-3-4-14-28-21(27)24-12-5-6-17(15-24)20(26)23-18-7-9-19(10-8-18)25-13-11-22-16(25)2/h7-11,13,17H,3-6,12,14-15H2,1-2H3,(H,23,26)/t17-/m0/s1. The van der Waals surface area contributed by atoms with Gasteiger partial charge in [0.1, 0.15) is 5.82 Å². The molecule has 0 bridgehead atoms. The highest BCUT2D eigenvalue weighted by Crippen LogP contribution is 2.20. The predicted octanol–water partition coefficient (Wildman–Crippen LogP) is 3.77. The highest BCUT2D eigenvalue weighted by Gasteiger charge is 2.29. The number of rotatable bonds is 6. The van der Waals surface area contributed by atoms with E-state index < -0.39 is 0 Å². The van der Waals surface area contributed by atoms with Gasteiger partial charge in [-0.2, -0.15) is 0 Å². The van der Waals surface area contributed by atoms with E-state index in [1.54, 1.807) is 11.1 Å². The minimum atomic E-state index is -0.314. The number of carbonyl (C=O) groups excluding carboxylic acids is 2. The number of carbonyl (C=O) groups is 2. The van der Waals surface area contributed by atoms with Crippen LogP contribution in [0.25, 0.3) is 5.69 Å². The van der Waals surface area contributed by atoms with Gasteiger partial charge in [0.25, 0.3) is 0 Å². The van der Waals surface area contributed by atoms with E-state index in [0.717, 1.165) is 42.9 Å².